The van der Waals surface area contributed by atoms with Gasteiger partial charge in [0.2, 0.25) is 0 Å². The van der Waals surface area contributed by atoms with Crippen LogP contribution in [0.3, 0.4) is 0 Å². The fourth-order valence-corrected chi connectivity index (χ4v) is 2.28. The third-order valence-corrected chi connectivity index (χ3v) is 3.41. The van der Waals surface area contributed by atoms with E-state index in [4.69, 9.17) is 4.74 Å². The van der Waals surface area contributed by atoms with Gasteiger partial charge in [0, 0.05) is 23.8 Å². The standard InChI is InChI=1S/C19H23NO/c1-3-5-6-10-18(21-4-2)13-12-16-14-17-9-7-8-11-19(17)20-15-16/h7-9,11,14-15,18H,3-6,10H2,1-2H3. The lowest BCUT2D eigenvalue weighted by atomic mass is 10.1. The van der Waals surface area contributed by atoms with Gasteiger partial charge in [-0.25, -0.2) is 0 Å². The molecule has 1 aromatic carbocycles. The summed E-state index contributed by atoms with van der Waals surface area (Å²) < 4.78 is 5.70. The van der Waals surface area contributed by atoms with Gasteiger partial charge in [0.25, 0.3) is 0 Å². The zero-order valence-corrected chi connectivity index (χ0v) is 12.9. The van der Waals surface area contributed by atoms with E-state index in [2.05, 4.69) is 35.9 Å². The Balaban J connectivity index is 2.09. The van der Waals surface area contributed by atoms with Crippen LogP contribution in [0, 0.1) is 11.8 Å². The van der Waals surface area contributed by atoms with Gasteiger partial charge in [-0.3, -0.25) is 4.98 Å². The Bertz CT molecular complexity index is 624. The van der Waals surface area contributed by atoms with Crippen molar-refractivity contribution in [2.24, 2.45) is 0 Å². The van der Waals surface area contributed by atoms with Crippen LogP contribution in [-0.2, 0) is 4.74 Å². The molecule has 0 saturated heterocycles. The third kappa shape index (κ3) is 4.88. The maximum Gasteiger partial charge on any atom is 0.118 e. The lowest BCUT2D eigenvalue weighted by Crippen LogP contribution is -2.10. The summed E-state index contributed by atoms with van der Waals surface area (Å²) in [7, 11) is 0. The number of pyridine rings is 1. The fraction of sp³-hybridized carbons (Fsp3) is 0.421. The molecule has 0 aliphatic carbocycles. The maximum absolute atomic E-state index is 5.70. The first-order valence-electron chi connectivity index (χ1n) is 7.81. The number of aromatic nitrogens is 1. The summed E-state index contributed by atoms with van der Waals surface area (Å²) in [5.41, 5.74) is 1.96. The number of nitrogens with zero attached hydrogens (tertiary/aromatic N) is 1. The van der Waals surface area contributed by atoms with Gasteiger partial charge in [-0.1, -0.05) is 49.8 Å². The average molecular weight is 281 g/mol. The quantitative estimate of drug-likeness (QED) is 0.571. The van der Waals surface area contributed by atoms with Gasteiger partial charge in [-0.05, 0) is 31.9 Å². The zero-order chi connectivity index (χ0) is 14.9. The van der Waals surface area contributed by atoms with Crippen molar-refractivity contribution >= 4 is 10.9 Å². The van der Waals surface area contributed by atoms with E-state index in [1.807, 2.05) is 31.3 Å². The molecule has 0 bridgehead atoms. The van der Waals surface area contributed by atoms with E-state index in [-0.39, 0.29) is 6.10 Å². The molecule has 1 heterocycles. The van der Waals surface area contributed by atoms with E-state index >= 15 is 0 Å². The predicted octanol–water partition coefficient (Wildman–Crippen LogP) is 4.57. The van der Waals surface area contributed by atoms with Crippen molar-refractivity contribution in [1.29, 1.82) is 0 Å². The Morgan fingerprint density at radius 1 is 1.19 bits per heavy atom. The molecule has 0 aliphatic heterocycles. The highest BCUT2D eigenvalue weighted by Crippen LogP contribution is 2.12. The number of hydrogen-bond donors (Lipinski definition) is 0. The molecule has 110 valence electrons. The molecule has 2 nitrogen and oxygen atoms in total. The van der Waals surface area contributed by atoms with Crippen molar-refractivity contribution < 1.29 is 4.74 Å². The van der Waals surface area contributed by atoms with Crippen LogP contribution in [0.5, 0.6) is 0 Å². The minimum absolute atomic E-state index is 0.0352. The molecule has 2 heteroatoms. The van der Waals surface area contributed by atoms with Crippen LogP contribution in [0.1, 0.15) is 45.1 Å². The number of rotatable bonds is 6. The van der Waals surface area contributed by atoms with E-state index in [1.165, 1.54) is 19.3 Å². The topological polar surface area (TPSA) is 22.1 Å². The smallest absolute Gasteiger partial charge is 0.118 e. The van der Waals surface area contributed by atoms with Crippen molar-refractivity contribution in [2.75, 3.05) is 6.61 Å². The van der Waals surface area contributed by atoms with Gasteiger partial charge in [-0.2, -0.15) is 0 Å². The summed E-state index contributed by atoms with van der Waals surface area (Å²) in [5, 5.41) is 1.13. The first-order chi connectivity index (χ1) is 10.3. The second kappa shape index (κ2) is 8.44. The highest BCUT2D eigenvalue weighted by atomic mass is 16.5. The fourth-order valence-electron chi connectivity index (χ4n) is 2.28. The van der Waals surface area contributed by atoms with E-state index < -0.39 is 0 Å². The molecule has 0 amide bonds. The largest absolute Gasteiger partial charge is 0.366 e. The maximum atomic E-state index is 5.70. The van der Waals surface area contributed by atoms with Crippen LogP contribution < -0.4 is 0 Å². The van der Waals surface area contributed by atoms with Crippen molar-refractivity contribution in [3.05, 3.63) is 42.1 Å². The van der Waals surface area contributed by atoms with Crippen molar-refractivity contribution in [3.63, 3.8) is 0 Å². The van der Waals surface area contributed by atoms with Gasteiger partial charge < -0.3 is 4.74 Å². The number of fused-ring (bicyclic) bond motifs is 1. The first kappa shape index (κ1) is 15.5. The van der Waals surface area contributed by atoms with Crippen LogP contribution in [0.15, 0.2) is 36.5 Å². The van der Waals surface area contributed by atoms with Gasteiger partial charge in [-0.15, -0.1) is 0 Å². The highest BCUT2D eigenvalue weighted by molar-refractivity contribution is 5.79. The van der Waals surface area contributed by atoms with Crippen molar-refractivity contribution in [1.82, 2.24) is 4.98 Å². The molecule has 0 N–H and O–H groups in total. The second-order valence-electron chi connectivity index (χ2n) is 5.13. The summed E-state index contributed by atoms with van der Waals surface area (Å²) in [5.74, 6) is 6.46. The number of benzene rings is 1. The molecule has 0 radical (unpaired) electrons. The molecule has 1 unspecified atom stereocenters. The summed E-state index contributed by atoms with van der Waals surface area (Å²) in [6.45, 7) is 4.94. The molecular formula is C19H23NO. The Hall–Kier alpha value is -1.85. The van der Waals surface area contributed by atoms with Crippen molar-refractivity contribution in [3.8, 4) is 11.8 Å². The Morgan fingerprint density at radius 2 is 2.05 bits per heavy atom. The zero-order valence-electron chi connectivity index (χ0n) is 12.9. The molecule has 1 atom stereocenters. The number of ether oxygens (including phenoxy) is 1. The molecular weight excluding hydrogens is 258 g/mol. The summed E-state index contributed by atoms with van der Waals surface area (Å²) in [4.78, 5) is 4.44. The molecule has 0 saturated carbocycles. The number of para-hydroxylation sites is 1. The molecule has 2 rings (SSSR count). The van der Waals surface area contributed by atoms with Crippen LogP contribution in [0.2, 0.25) is 0 Å². The van der Waals surface area contributed by atoms with Crippen LogP contribution in [0.4, 0.5) is 0 Å². The van der Waals surface area contributed by atoms with Crippen LogP contribution in [0.25, 0.3) is 10.9 Å². The highest BCUT2D eigenvalue weighted by Gasteiger charge is 2.03. The SMILES string of the molecule is CCCCCC(C#Cc1cnc2ccccc2c1)OCC. The lowest BCUT2D eigenvalue weighted by Gasteiger charge is -2.09. The van der Waals surface area contributed by atoms with Gasteiger partial charge >= 0.3 is 0 Å². The van der Waals surface area contributed by atoms with E-state index in [0.29, 0.717) is 6.61 Å². The molecule has 0 spiro atoms. The predicted molar refractivity (Wildman–Crippen MR) is 88.2 cm³/mol. The number of hydrogen-bond acceptors (Lipinski definition) is 2. The normalized spacial score (nSPS) is 11.9. The Labute approximate surface area is 127 Å². The molecule has 1 aromatic heterocycles. The van der Waals surface area contributed by atoms with E-state index in [1.54, 1.807) is 0 Å². The lowest BCUT2D eigenvalue weighted by molar-refractivity contribution is 0.0949. The van der Waals surface area contributed by atoms with Gasteiger partial charge in [0.1, 0.15) is 6.10 Å². The summed E-state index contributed by atoms with van der Waals surface area (Å²) >= 11 is 0. The van der Waals surface area contributed by atoms with E-state index in [9.17, 15) is 0 Å². The Kier molecular flexibility index (Phi) is 6.24. The Morgan fingerprint density at radius 3 is 2.86 bits per heavy atom. The minimum atomic E-state index is 0.0352. The monoisotopic (exact) mass is 281 g/mol. The third-order valence-electron chi connectivity index (χ3n) is 3.41. The van der Waals surface area contributed by atoms with E-state index in [0.717, 1.165) is 22.9 Å². The van der Waals surface area contributed by atoms with Crippen molar-refractivity contribution in [2.45, 2.75) is 45.6 Å². The first-order valence-corrected chi connectivity index (χ1v) is 7.81. The molecule has 2 aromatic rings. The van der Waals surface area contributed by atoms with Gasteiger partial charge in [0.15, 0.2) is 0 Å². The average Bonchev–Trinajstić information content (AvgIpc) is 2.52. The minimum Gasteiger partial charge on any atom is -0.366 e. The summed E-state index contributed by atoms with van der Waals surface area (Å²) in [6, 6.07) is 10.2. The second-order valence-corrected chi connectivity index (χ2v) is 5.13. The van der Waals surface area contributed by atoms with Crippen LogP contribution in [-0.4, -0.2) is 17.7 Å². The molecule has 21 heavy (non-hydrogen) atoms. The summed E-state index contributed by atoms with van der Waals surface area (Å²) in [6.07, 6.45) is 6.52. The van der Waals surface area contributed by atoms with Gasteiger partial charge in [0.05, 0.1) is 5.52 Å². The van der Waals surface area contributed by atoms with Crippen LogP contribution >= 0.6 is 0 Å². The molecule has 0 fully saturated rings. The molecule has 0 aliphatic rings. The number of unbranched alkanes of at least 4 members (excludes halogenated alkanes) is 2.